The summed E-state index contributed by atoms with van der Waals surface area (Å²) < 4.78 is 5.77. The van der Waals surface area contributed by atoms with Crippen LogP contribution in [-0.2, 0) is 0 Å². The summed E-state index contributed by atoms with van der Waals surface area (Å²) in [6, 6.07) is 5.77. The lowest BCUT2D eigenvalue weighted by Crippen LogP contribution is -2.35. The predicted octanol–water partition coefficient (Wildman–Crippen LogP) is 2.90. The Morgan fingerprint density at radius 3 is 2.80 bits per heavy atom. The first-order chi connectivity index (χ1) is 9.84. The van der Waals surface area contributed by atoms with Gasteiger partial charge in [0, 0.05) is 25.2 Å². The number of fused-ring (bicyclic) bond motifs is 1. The van der Waals surface area contributed by atoms with Gasteiger partial charge in [-0.3, -0.25) is 4.79 Å². The zero-order valence-corrected chi connectivity index (χ0v) is 11.9. The molecule has 0 aliphatic carbocycles. The lowest BCUT2D eigenvalue weighted by atomic mass is 10.1. The van der Waals surface area contributed by atoms with E-state index >= 15 is 0 Å². The Bertz CT molecular complexity index is 481. The first kappa shape index (κ1) is 13.3. The Balaban J connectivity index is 1.79. The molecule has 2 aliphatic heterocycles. The second-order valence-corrected chi connectivity index (χ2v) is 5.55. The van der Waals surface area contributed by atoms with Crippen molar-refractivity contribution in [1.82, 2.24) is 4.90 Å². The normalized spacial score (nSPS) is 19.1. The summed E-state index contributed by atoms with van der Waals surface area (Å²) >= 11 is 0. The molecule has 1 aromatic carbocycles. The number of likely N-dealkylation sites (tertiary alicyclic amines) is 1. The number of ether oxygens (including phenoxy) is 1. The Labute approximate surface area is 120 Å². The third kappa shape index (κ3) is 2.89. The second-order valence-electron chi connectivity index (χ2n) is 5.55. The van der Waals surface area contributed by atoms with Crippen molar-refractivity contribution in [1.29, 1.82) is 0 Å². The minimum Gasteiger partial charge on any atom is -0.491 e. The molecule has 1 N–H and O–H groups in total. The molecule has 0 radical (unpaired) electrons. The van der Waals surface area contributed by atoms with E-state index in [9.17, 15) is 4.79 Å². The van der Waals surface area contributed by atoms with Gasteiger partial charge in [-0.05, 0) is 50.3 Å². The molecule has 1 fully saturated rings. The summed E-state index contributed by atoms with van der Waals surface area (Å²) in [6.07, 6.45) is 5.65. The summed E-state index contributed by atoms with van der Waals surface area (Å²) in [6.45, 7) is 3.47. The van der Waals surface area contributed by atoms with Crippen molar-refractivity contribution in [2.45, 2.75) is 32.1 Å². The van der Waals surface area contributed by atoms with Crippen LogP contribution in [0.15, 0.2) is 18.2 Å². The third-order valence-corrected chi connectivity index (χ3v) is 4.02. The van der Waals surface area contributed by atoms with Gasteiger partial charge in [-0.2, -0.15) is 0 Å². The van der Waals surface area contributed by atoms with Gasteiger partial charge < -0.3 is 15.0 Å². The number of carbonyl (C=O) groups excluding carboxylic acids is 1. The molecule has 0 saturated carbocycles. The van der Waals surface area contributed by atoms with Crippen LogP contribution in [0, 0.1) is 0 Å². The highest BCUT2D eigenvalue weighted by Gasteiger charge is 2.19. The van der Waals surface area contributed by atoms with Crippen molar-refractivity contribution in [2.75, 3.05) is 31.6 Å². The van der Waals surface area contributed by atoms with E-state index in [1.807, 2.05) is 23.1 Å². The number of amides is 1. The van der Waals surface area contributed by atoms with Gasteiger partial charge in [0.05, 0.1) is 12.3 Å². The van der Waals surface area contributed by atoms with E-state index in [0.717, 1.165) is 68.9 Å². The molecule has 108 valence electrons. The maximum atomic E-state index is 12.5. The van der Waals surface area contributed by atoms with Crippen molar-refractivity contribution in [3.8, 4) is 5.75 Å². The molecule has 0 unspecified atom stereocenters. The number of piperidine rings is 1. The molecule has 0 bridgehead atoms. The van der Waals surface area contributed by atoms with Gasteiger partial charge in [-0.1, -0.05) is 0 Å². The van der Waals surface area contributed by atoms with Crippen LogP contribution < -0.4 is 10.1 Å². The molecule has 2 heterocycles. The minimum atomic E-state index is 0.137. The number of rotatable bonds is 1. The van der Waals surface area contributed by atoms with Crippen molar-refractivity contribution >= 4 is 11.6 Å². The molecule has 0 atom stereocenters. The summed E-state index contributed by atoms with van der Waals surface area (Å²) in [5.41, 5.74) is 1.74. The third-order valence-electron chi connectivity index (χ3n) is 4.02. The summed E-state index contributed by atoms with van der Waals surface area (Å²) in [4.78, 5) is 14.4. The molecule has 0 spiro atoms. The lowest BCUT2D eigenvalue weighted by molar-refractivity contribution is 0.0724. The van der Waals surface area contributed by atoms with Gasteiger partial charge in [0.25, 0.3) is 5.91 Å². The Morgan fingerprint density at radius 2 is 1.95 bits per heavy atom. The summed E-state index contributed by atoms with van der Waals surface area (Å²) in [5, 5.41) is 3.36. The Hall–Kier alpha value is -1.71. The number of carbonyl (C=O) groups is 1. The van der Waals surface area contributed by atoms with Crippen LogP contribution in [0.25, 0.3) is 0 Å². The molecule has 1 aromatic rings. The monoisotopic (exact) mass is 274 g/mol. The second kappa shape index (κ2) is 6.16. The minimum absolute atomic E-state index is 0.137. The maximum absolute atomic E-state index is 12.5. The summed E-state index contributed by atoms with van der Waals surface area (Å²) in [5.74, 6) is 0.950. The topological polar surface area (TPSA) is 41.6 Å². The highest BCUT2D eigenvalue weighted by molar-refractivity contribution is 5.95. The number of benzene rings is 1. The predicted molar refractivity (Wildman–Crippen MR) is 79.4 cm³/mol. The van der Waals surface area contributed by atoms with Crippen molar-refractivity contribution in [2.24, 2.45) is 0 Å². The van der Waals surface area contributed by atoms with Gasteiger partial charge in [-0.25, -0.2) is 0 Å². The standard InChI is InChI=1S/C16H22N2O2/c19-16(18-9-3-1-4-10-18)13-6-7-14-15(12-13)20-11-5-2-8-17-14/h6-7,12,17H,1-5,8-11H2. The zero-order chi connectivity index (χ0) is 13.8. The van der Waals surface area contributed by atoms with Crippen LogP contribution in [0.1, 0.15) is 42.5 Å². The molecule has 1 saturated heterocycles. The van der Waals surface area contributed by atoms with Gasteiger partial charge in [0.2, 0.25) is 0 Å². The number of anilines is 1. The van der Waals surface area contributed by atoms with Crippen LogP contribution in [0.3, 0.4) is 0 Å². The van der Waals surface area contributed by atoms with Gasteiger partial charge in [-0.15, -0.1) is 0 Å². The van der Waals surface area contributed by atoms with Gasteiger partial charge >= 0.3 is 0 Å². The summed E-state index contributed by atoms with van der Waals surface area (Å²) in [7, 11) is 0. The average Bonchev–Trinajstić information content (AvgIpc) is 2.48. The molecule has 4 heteroatoms. The number of nitrogens with one attached hydrogen (secondary N) is 1. The molecule has 1 amide bonds. The maximum Gasteiger partial charge on any atom is 0.253 e. The fraction of sp³-hybridized carbons (Fsp3) is 0.562. The Kier molecular flexibility index (Phi) is 4.09. The van der Waals surface area contributed by atoms with Crippen LogP contribution in [0.2, 0.25) is 0 Å². The molecule has 0 aromatic heterocycles. The lowest BCUT2D eigenvalue weighted by Gasteiger charge is -2.27. The average molecular weight is 274 g/mol. The molecule has 20 heavy (non-hydrogen) atoms. The largest absolute Gasteiger partial charge is 0.491 e. The van der Waals surface area contributed by atoms with E-state index in [1.54, 1.807) is 0 Å². The molecule has 3 rings (SSSR count). The quantitative estimate of drug-likeness (QED) is 0.856. The van der Waals surface area contributed by atoms with Crippen LogP contribution in [-0.4, -0.2) is 37.0 Å². The first-order valence-electron chi connectivity index (χ1n) is 7.64. The van der Waals surface area contributed by atoms with E-state index in [1.165, 1.54) is 6.42 Å². The van der Waals surface area contributed by atoms with Gasteiger partial charge in [0.1, 0.15) is 5.75 Å². The molecule has 2 aliphatic rings. The number of nitrogens with zero attached hydrogens (tertiary/aromatic N) is 1. The highest BCUT2D eigenvalue weighted by Crippen LogP contribution is 2.28. The van der Waals surface area contributed by atoms with E-state index < -0.39 is 0 Å². The molecular weight excluding hydrogens is 252 g/mol. The van der Waals surface area contributed by atoms with Gasteiger partial charge in [0.15, 0.2) is 0 Å². The smallest absolute Gasteiger partial charge is 0.253 e. The van der Waals surface area contributed by atoms with Crippen LogP contribution in [0.5, 0.6) is 5.75 Å². The first-order valence-corrected chi connectivity index (χ1v) is 7.64. The van der Waals surface area contributed by atoms with Crippen LogP contribution in [0.4, 0.5) is 5.69 Å². The van der Waals surface area contributed by atoms with Crippen molar-refractivity contribution in [3.63, 3.8) is 0 Å². The zero-order valence-electron chi connectivity index (χ0n) is 11.9. The van der Waals surface area contributed by atoms with Crippen molar-refractivity contribution < 1.29 is 9.53 Å². The fourth-order valence-corrected chi connectivity index (χ4v) is 2.83. The van der Waals surface area contributed by atoms with Crippen LogP contribution >= 0.6 is 0 Å². The molecular formula is C16H22N2O2. The SMILES string of the molecule is O=C(c1ccc2c(c1)OCCCCN2)N1CCCCC1. The highest BCUT2D eigenvalue weighted by atomic mass is 16.5. The van der Waals surface area contributed by atoms with E-state index in [4.69, 9.17) is 4.74 Å². The number of hydrogen-bond donors (Lipinski definition) is 1. The molecule has 4 nitrogen and oxygen atoms in total. The Morgan fingerprint density at radius 1 is 1.10 bits per heavy atom. The number of hydrogen-bond acceptors (Lipinski definition) is 3. The van der Waals surface area contributed by atoms with E-state index in [-0.39, 0.29) is 5.91 Å². The van der Waals surface area contributed by atoms with E-state index in [0.29, 0.717) is 0 Å². The van der Waals surface area contributed by atoms with Crippen molar-refractivity contribution in [3.05, 3.63) is 23.8 Å². The fourth-order valence-electron chi connectivity index (χ4n) is 2.83. The van der Waals surface area contributed by atoms with E-state index in [2.05, 4.69) is 5.32 Å².